The molecule has 0 bridgehead atoms. The molecule has 25 heavy (non-hydrogen) atoms. The minimum absolute atomic E-state index is 0.0642. The van der Waals surface area contributed by atoms with Gasteiger partial charge in [0.15, 0.2) is 0 Å². The number of ether oxygens (including phenoxy) is 1. The molecule has 0 aliphatic heterocycles. The Labute approximate surface area is 147 Å². The van der Waals surface area contributed by atoms with Crippen molar-refractivity contribution in [1.29, 1.82) is 0 Å². The topological polar surface area (TPSA) is 46.5 Å². The van der Waals surface area contributed by atoms with Crippen molar-refractivity contribution in [3.8, 4) is 11.5 Å². The molecule has 0 spiro atoms. The number of para-hydroxylation sites is 1. The fourth-order valence-corrected chi connectivity index (χ4v) is 2.85. The predicted octanol–water partition coefficient (Wildman–Crippen LogP) is 5.28. The van der Waals surface area contributed by atoms with Gasteiger partial charge in [0.1, 0.15) is 11.5 Å². The molecule has 0 radical (unpaired) electrons. The highest BCUT2D eigenvalue weighted by atomic mass is 16.5. The van der Waals surface area contributed by atoms with E-state index < -0.39 is 5.97 Å². The zero-order valence-electron chi connectivity index (χ0n) is 13.8. The van der Waals surface area contributed by atoms with Crippen LogP contribution in [-0.4, -0.2) is 11.1 Å². The summed E-state index contributed by atoms with van der Waals surface area (Å²) in [5.41, 5.74) is 2.14. The number of benzene rings is 3. The van der Waals surface area contributed by atoms with Crippen molar-refractivity contribution in [2.75, 3.05) is 0 Å². The Hall–Kier alpha value is -3.07. The van der Waals surface area contributed by atoms with Gasteiger partial charge in [-0.15, -0.1) is 0 Å². The minimum Gasteiger partial charge on any atom is -0.481 e. The fraction of sp³-hybridized carbons (Fsp3) is 0.136. The van der Waals surface area contributed by atoms with Crippen LogP contribution in [0.4, 0.5) is 0 Å². The number of hydrogen-bond acceptors (Lipinski definition) is 2. The molecule has 3 aromatic rings. The molecule has 3 aromatic carbocycles. The van der Waals surface area contributed by atoms with Crippen molar-refractivity contribution < 1.29 is 14.6 Å². The van der Waals surface area contributed by atoms with Gasteiger partial charge in [0.2, 0.25) is 0 Å². The summed E-state index contributed by atoms with van der Waals surface area (Å²) in [4.78, 5) is 11.3. The molecule has 1 N–H and O–H groups in total. The molecule has 0 aliphatic rings. The minimum atomic E-state index is -0.787. The van der Waals surface area contributed by atoms with Crippen molar-refractivity contribution >= 4 is 5.97 Å². The van der Waals surface area contributed by atoms with Crippen LogP contribution >= 0.6 is 0 Å². The van der Waals surface area contributed by atoms with E-state index in [1.807, 2.05) is 84.9 Å². The van der Waals surface area contributed by atoms with Crippen LogP contribution in [0.15, 0.2) is 84.9 Å². The van der Waals surface area contributed by atoms with Crippen molar-refractivity contribution in [2.45, 2.75) is 18.8 Å². The summed E-state index contributed by atoms with van der Waals surface area (Å²) in [6.07, 6.45) is 0.805. The first kappa shape index (κ1) is 16.8. The number of carboxylic acid groups (broad SMARTS) is 1. The van der Waals surface area contributed by atoms with Gasteiger partial charge in [-0.05, 0) is 47.7 Å². The van der Waals surface area contributed by atoms with E-state index in [4.69, 9.17) is 4.74 Å². The molecule has 0 heterocycles. The highest BCUT2D eigenvalue weighted by Crippen LogP contribution is 2.28. The summed E-state index contributed by atoms with van der Waals surface area (Å²) in [5, 5.41) is 9.25. The Morgan fingerprint density at radius 2 is 1.36 bits per heavy atom. The maximum atomic E-state index is 11.3. The van der Waals surface area contributed by atoms with Gasteiger partial charge in [0, 0.05) is 0 Å². The lowest BCUT2D eigenvalue weighted by molar-refractivity contribution is -0.137. The zero-order chi connectivity index (χ0) is 17.5. The Balaban J connectivity index is 1.75. The van der Waals surface area contributed by atoms with Crippen LogP contribution in [0, 0.1) is 0 Å². The highest BCUT2D eigenvalue weighted by molar-refractivity contribution is 5.68. The molecular formula is C22H20O3. The number of rotatable bonds is 7. The Morgan fingerprint density at radius 3 is 1.96 bits per heavy atom. The molecule has 0 unspecified atom stereocenters. The lowest BCUT2D eigenvalue weighted by Crippen LogP contribution is -2.09. The van der Waals surface area contributed by atoms with E-state index in [-0.39, 0.29) is 12.3 Å². The van der Waals surface area contributed by atoms with Crippen LogP contribution in [-0.2, 0) is 11.2 Å². The van der Waals surface area contributed by atoms with E-state index >= 15 is 0 Å². The lowest BCUT2D eigenvalue weighted by Gasteiger charge is -2.16. The normalized spacial score (nSPS) is 11.7. The van der Waals surface area contributed by atoms with E-state index in [0.717, 1.165) is 22.6 Å². The molecule has 126 valence electrons. The molecule has 0 aliphatic carbocycles. The third-order valence-corrected chi connectivity index (χ3v) is 4.08. The van der Waals surface area contributed by atoms with Crippen LogP contribution in [0.1, 0.15) is 23.5 Å². The predicted molar refractivity (Wildman–Crippen MR) is 98.1 cm³/mol. The monoisotopic (exact) mass is 332 g/mol. The Morgan fingerprint density at radius 1 is 0.800 bits per heavy atom. The quantitative estimate of drug-likeness (QED) is 0.640. The first-order valence-electron chi connectivity index (χ1n) is 8.29. The van der Waals surface area contributed by atoms with Crippen molar-refractivity contribution in [1.82, 2.24) is 0 Å². The first-order valence-corrected chi connectivity index (χ1v) is 8.29. The van der Waals surface area contributed by atoms with Crippen LogP contribution < -0.4 is 4.74 Å². The summed E-state index contributed by atoms with van der Waals surface area (Å²) >= 11 is 0. The highest BCUT2D eigenvalue weighted by Gasteiger charge is 2.16. The molecule has 3 nitrogen and oxygen atoms in total. The molecule has 0 fully saturated rings. The van der Waals surface area contributed by atoms with E-state index in [1.54, 1.807) is 0 Å². The molecule has 3 heteroatoms. The summed E-state index contributed by atoms with van der Waals surface area (Å²) in [6.45, 7) is 0. The summed E-state index contributed by atoms with van der Waals surface area (Å²) < 4.78 is 5.80. The third-order valence-electron chi connectivity index (χ3n) is 4.08. The van der Waals surface area contributed by atoms with Gasteiger partial charge in [0.25, 0.3) is 0 Å². The molecule has 1 atom stereocenters. The second kappa shape index (κ2) is 8.15. The average molecular weight is 332 g/mol. The van der Waals surface area contributed by atoms with Crippen LogP contribution in [0.2, 0.25) is 0 Å². The van der Waals surface area contributed by atoms with Gasteiger partial charge in [-0.1, -0.05) is 60.7 Å². The molecule has 0 aromatic heterocycles. The summed E-state index contributed by atoms with van der Waals surface area (Å²) in [7, 11) is 0. The van der Waals surface area contributed by atoms with Crippen LogP contribution in [0.5, 0.6) is 11.5 Å². The van der Waals surface area contributed by atoms with Gasteiger partial charge < -0.3 is 9.84 Å². The number of carbonyl (C=O) groups is 1. The molecule has 0 saturated carbocycles. The van der Waals surface area contributed by atoms with Gasteiger partial charge in [-0.3, -0.25) is 4.79 Å². The van der Waals surface area contributed by atoms with E-state index in [2.05, 4.69) is 0 Å². The Bertz CT molecular complexity index is 796. The largest absolute Gasteiger partial charge is 0.481 e. The SMILES string of the molecule is O=C(O)C[C@@H](Cc1ccccc1)c1ccc(Oc2ccccc2)cc1. The maximum Gasteiger partial charge on any atom is 0.303 e. The van der Waals surface area contributed by atoms with E-state index in [1.165, 1.54) is 0 Å². The second-order valence-electron chi connectivity index (χ2n) is 5.97. The van der Waals surface area contributed by atoms with E-state index in [0.29, 0.717) is 6.42 Å². The van der Waals surface area contributed by atoms with Crippen molar-refractivity contribution in [2.24, 2.45) is 0 Å². The van der Waals surface area contributed by atoms with Gasteiger partial charge in [-0.25, -0.2) is 0 Å². The average Bonchev–Trinajstić information content (AvgIpc) is 2.63. The first-order chi connectivity index (χ1) is 12.2. The van der Waals surface area contributed by atoms with Gasteiger partial charge in [-0.2, -0.15) is 0 Å². The van der Waals surface area contributed by atoms with Crippen LogP contribution in [0.25, 0.3) is 0 Å². The molecule has 0 saturated heterocycles. The number of carboxylic acids is 1. The number of hydrogen-bond donors (Lipinski definition) is 1. The van der Waals surface area contributed by atoms with Crippen molar-refractivity contribution in [3.63, 3.8) is 0 Å². The maximum absolute atomic E-state index is 11.3. The molecular weight excluding hydrogens is 312 g/mol. The lowest BCUT2D eigenvalue weighted by atomic mass is 9.89. The molecule has 0 amide bonds. The van der Waals surface area contributed by atoms with Crippen LogP contribution in [0.3, 0.4) is 0 Å². The smallest absolute Gasteiger partial charge is 0.303 e. The van der Waals surface area contributed by atoms with Crippen molar-refractivity contribution in [3.05, 3.63) is 96.1 Å². The molecule has 3 rings (SSSR count). The fourth-order valence-electron chi connectivity index (χ4n) is 2.85. The van der Waals surface area contributed by atoms with E-state index in [9.17, 15) is 9.90 Å². The zero-order valence-corrected chi connectivity index (χ0v) is 13.8. The standard InChI is InChI=1S/C22H20O3/c23-22(24)16-19(15-17-7-3-1-4-8-17)18-11-13-21(14-12-18)25-20-9-5-2-6-10-20/h1-14,19H,15-16H2,(H,23,24)/t19-/m1/s1. The third kappa shape index (κ3) is 4.95. The van der Waals surface area contributed by atoms with Gasteiger partial charge in [0.05, 0.1) is 6.42 Å². The summed E-state index contributed by atoms with van der Waals surface area (Å²) in [5.74, 6) is 0.668. The Kier molecular flexibility index (Phi) is 5.47. The van der Waals surface area contributed by atoms with Gasteiger partial charge >= 0.3 is 5.97 Å². The number of aliphatic carboxylic acids is 1. The summed E-state index contributed by atoms with van der Waals surface area (Å²) in [6, 6.07) is 27.2. The second-order valence-corrected chi connectivity index (χ2v) is 5.97.